The molecule has 12 nitrogen and oxygen atoms in total. The number of carbonyl (C=O) groups is 4. The van der Waals surface area contributed by atoms with Crippen LogP contribution in [0.3, 0.4) is 0 Å². The molecular formula is C23H44N4O8S. The van der Waals surface area contributed by atoms with Crippen LogP contribution < -0.4 is 21.7 Å². The van der Waals surface area contributed by atoms with Gasteiger partial charge in [-0.1, -0.05) is 13.8 Å². The zero-order valence-corrected chi connectivity index (χ0v) is 22.6. The van der Waals surface area contributed by atoms with E-state index < -0.39 is 12.1 Å². The summed E-state index contributed by atoms with van der Waals surface area (Å²) in [6, 6.07) is -1.18. The van der Waals surface area contributed by atoms with Crippen LogP contribution in [0.4, 0.5) is 0 Å². The number of rotatable bonds is 23. The summed E-state index contributed by atoms with van der Waals surface area (Å²) in [6.45, 7) is 8.35. The lowest BCUT2D eigenvalue weighted by Crippen LogP contribution is -2.49. The molecular weight excluding hydrogens is 492 g/mol. The van der Waals surface area contributed by atoms with Gasteiger partial charge in [-0.3, -0.25) is 19.2 Å². The predicted octanol–water partition coefficient (Wildman–Crippen LogP) is -0.948. The maximum Gasteiger partial charge on any atom is 0.242 e. The van der Waals surface area contributed by atoms with Crippen LogP contribution in [-0.2, 0) is 38.1 Å². The maximum absolute atomic E-state index is 12.2. The van der Waals surface area contributed by atoms with E-state index in [4.69, 9.17) is 24.7 Å². The summed E-state index contributed by atoms with van der Waals surface area (Å²) in [5, 5.41) is 7.97. The van der Waals surface area contributed by atoms with E-state index in [-0.39, 0.29) is 54.7 Å². The first kappa shape index (κ1) is 34.2. The number of ketones is 1. The number of nitrogens with two attached hydrogens (primary N) is 1. The van der Waals surface area contributed by atoms with Gasteiger partial charge in [0.2, 0.25) is 17.7 Å². The minimum atomic E-state index is -0.613. The molecule has 0 saturated carbocycles. The minimum absolute atomic E-state index is 0.132. The molecule has 0 heterocycles. The molecule has 0 saturated heterocycles. The molecule has 3 amide bonds. The Kier molecular flexibility index (Phi) is 21.3. The van der Waals surface area contributed by atoms with Crippen molar-refractivity contribution in [1.82, 2.24) is 16.0 Å². The number of ether oxygens (including phenoxy) is 4. The van der Waals surface area contributed by atoms with Crippen LogP contribution in [0, 0.1) is 5.92 Å². The van der Waals surface area contributed by atoms with Crippen molar-refractivity contribution >= 4 is 36.1 Å². The van der Waals surface area contributed by atoms with E-state index in [2.05, 4.69) is 28.6 Å². The summed E-state index contributed by atoms with van der Waals surface area (Å²) in [7, 11) is 0. The molecule has 13 heteroatoms. The molecule has 0 aromatic heterocycles. The lowest BCUT2D eigenvalue weighted by molar-refractivity contribution is -0.128. The van der Waals surface area contributed by atoms with Gasteiger partial charge < -0.3 is 40.6 Å². The predicted molar refractivity (Wildman–Crippen MR) is 138 cm³/mol. The number of nitrogens with one attached hydrogen (secondary N) is 3. The van der Waals surface area contributed by atoms with Gasteiger partial charge in [0.15, 0.2) is 5.78 Å². The Balaban J connectivity index is 3.59. The molecule has 36 heavy (non-hydrogen) atoms. The normalized spacial score (nSPS) is 12.7. The number of carbonyl (C=O) groups excluding carboxylic acids is 4. The molecule has 0 fully saturated rings. The van der Waals surface area contributed by atoms with Gasteiger partial charge in [-0.05, 0) is 19.3 Å². The molecule has 0 aliphatic carbocycles. The van der Waals surface area contributed by atoms with Gasteiger partial charge in [0.25, 0.3) is 0 Å². The van der Waals surface area contributed by atoms with E-state index >= 15 is 0 Å². The Hall–Kier alpha value is -1.77. The zero-order chi connectivity index (χ0) is 27.2. The Morgan fingerprint density at radius 2 is 1.28 bits per heavy atom. The molecule has 0 rings (SSSR count). The van der Waals surface area contributed by atoms with Crippen LogP contribution in [0.2, 0.25) is 0 Å². The van der Waals surface area contributed by atoms with Crippen LogP contribution in [0.25, 0.3) is 0 Å². The monoisotopic (exact) mass is 536 g/mol. The van der Waals surface area contributed by atoms with Gasteiger partial charge in [-0.2, -0.15) is 12.6 Å². The quantitative estimate of drug-likeness (QED) is 0.0817. The van der Waals surface area contributed by atoms with E-state index in [1.54, 1.807) is 0 Å². The topological polar surface area (TPSA) is 167 Å². The molecule has 0 aliphatic rings. The first-order valence-corrected chi connectivity index (χ1v) is 12.8. The summed E-state index contributed by atoms with van der Waals surface area (Å²) < 4.78 is 21.5. The second kappa shape index (κ2) is 22.4. The Bertz CT molecular complexity index is 639. The SMILES string of the molecule is CC(=O)C(CS)NC(=O)CCOCCOCCOCCOCCNC(=O)C(CC(C)C)NC(=O)CN. The van der Waals surface area contributed by atoms with Crippen LogP contribution in [0.5, 0.6) is 0 Å². The van der Waals surface area contributed by atoms with Crippen molar-refractivity contribution in [2.75, 3.05) is 71.7 Å². The van der Waals surface area contributed by atoms with Crippen LogP contribution in [-0.4, -0.2) is 107 Å². The molecule has 0 bridgehead atoms. The fourth-order valence-corrected chi connectivity index (χ4v) is 3.14. The van der Waals surface area contributed by atoms with Gasteiger partial charge in [0, 0.05) is 18.7 Å². The van der Waals surface area contributed by atoms with Crippen molar-refractivity contribution in [2.45, 2.75) is 45.7 Å². The van der Waals surface area contributed by atoms with E-state index in [0.717, 1.165) is 0 Å². The van der Waals surface area contributed by atoms with Gasteiger partial charge in [-0.25, -0.2) is 0 Å². The first-order valence-electron chi connectivity index (χ1n) is 12.2. The zero-order valence-electron chi connectivity index (χ0n) is 21.7. The van der Waals surface area contributed by atoms with Gasteiger partial charge in [0.1, 0.15) is 6.04 Å². The molecule has 0 radical (unpaired) electrons. The van der Waals surface area contributed by atoms with Gasteiger partial charge in [0.05, 0.1) is 65.4 Å². The third-order valence-electron chi connectivity index (χ3n) is 4.69. The Labute approximate surface area is 219 Å². The number of amides is 3. The fourth-order valence-electron chi connectivity index (χ4n) is 2.79. The molecule has 2 unspecified atom stereocenters. The summed E-state index contributed by atoms with van der Waals surface area (Å²) in [5.74, 6) is -0.506. The first-order chi connectivity index (χ1) is 17.2. The lowest BCUT2D eigenvalue weighted by atomic mass is 10.0. The molecule has 5 N–H and O–H groups in total. The second-order valence-corrected chi connectivity index (χ2v) is 8.72. The summed E-state index contributed by atoms with van der Waals surface area (Å²) in [4.78, 5) is 46.7. The third kappa shape index (κ3) is 19.4. The fraction of sp³-hybridized carbons (Fsp3) is 0.826. The molecule has 210 valence electrons. The molecule has 0 aromatic carbocycles. The van der Waals surface area contributed by atoms with Crippen molar-refractivity contribution in [3.05, 3.63) is 0 Å². The summed E-state index contributed by atoms with van der Waals surface area (Å²) in [5.41, 5.74) is 5.30. The smallest absolute Gasteiger partial charge is 0.242 e. The Morgan fingerprint density at radius 1 is 0.778 bits per heavy atom. The van der Waals surface area contributed by atoms with Crippen molar-refractivity contribution < 1.29 is 38.1 Å². The number of hydrogen-bond acceptors (Lipinski definition) is 10. The second-order valence-electron chi connectivity index (χ2n) is 8.36. The van der Waals surface area contributed by atoms with Crippen LogP contribution in [0.1, 0.15) is 33.6 Å². The average Bonchev–Trinajstić information content (AvgIpc) is 2.83. The van der Waals surface area contributed by atoms with Crippen LogP contribution in [0.15, 0.2) is 0 Å². The van der Waals surface area contributed by atoms with E-state index in [9.17, 15) is 19.2 Å². The lowest BCUT2D eigenvalue weighted by Gasteiger charge is -2.19. The number of hydrogen-bond donors (Lipinski definition) is 5. The van der Waals surface area contributed by atoms with Crippen molar-refractivity contribution in [3.63, 3.8) is 0 Å². The van der Waals surface area contributed by atoms with E-state index in [1.165, 1.54) is 6.92 Å². The highest BCUT2D eigenvalue weighted by Crippen LogP contribution is 2.04. The highest BCUT2D eigenvalue weighted by atomic mass is 32.1. The molecule has 2 atom stereocenters. The molecule has 0 aromatic rings. The minimum Gasteiger partial charge on any atom is -0.379 e. The largest absolute Gasteiger partial charge is 0.379 e. The average molecular weight is 537 g/mol. The standard InChI is InChI=1S/C23H44N4O8S/c1-17(2)14-19(26-22(30)15-24)23(31)25-5-7-33-9-11-35-13-12-34-10-8-32-6-4-21(29)27-20(16-36)18(3)28/h17,19-20,36H,4-16,24H2,1-3H3,(H,25,31)(H,26,30)(H,27,29). The van der Waals surface area contributed by atoms with Crippen molar-refractivity contribution in [2.24, 2.45) is 11.7 Å². The summed E-state index contributed by atoms with van der Waals surface area (Å²) in [6.07, 6.45) is 0.685. The number of thiol groups is 1. The third-order valence-corrected chi connectivity index (χ3v) is 5.05. The summed E-state index contributed by atoms with van der Waals surface area (Å²) >= 11 is 4.03. The van der Waals surface area contributed by atoms with Crippen molar-refractivity contribution in [1.29, 1.82) is 0 Å². The van der Waals surface area contributed by atoms with Gasteiger partial charge >= 0.3 is 0 Å². The Morgan fingerprint density at radius 3 is 1.75 bits per heavy atom. The van der Waals surface area contributed by atoms with E-state index in [0.29, 0.717) is 59.2 Å². The molecule has 0 spiro atoms. The van der Waals surface area contributed by atoms with E-state index in [1.807, 2.05) is 13.8 Å². The number of Topliss-reactive ketones (excluding diaryl/α,β-unsaturated/α-hetero) is 1. The highest BCUT2D eigenvalue weighted by Gasteiger charge is 2.21. The van der Waals surface area contributed by atoms with Gasteiger partial charge in [-0.15, -0.1) is 0 Å². The van der Waals surface area contributed by atoms with Crippen LogP contribution >= 0.6 is 12.6 Å². The molecule has 0 aliphatic heterocycles. The highest BCUT2D eigenvalue weighted by molar-refractivity contribution is 7.80. The van der Waals surface area contributed by atoms with Crippen molar-refractivity contribution in [3.8, 4) is 0 Å². The maximum atomic E-state index is 12.2.